The van der Waals surface area contributed by atoms with Crippen LogP contribution in [0.2, 0.25) is 0 Å². The molecule has 28 heavy (non-hydrogen) atoms. The van der Waals surface area contributed by atoms with Crippen LogP contribution in [0, 0.1) is 11.6 Å². The minimum absolute atomic E-state index is 0.0657. The number of carbonyl (C=O) groups excluding carboxylic acids is 1. The molecule has 6 nitrogen and oxygen atoms in total. The van der Waals surface area contributed by atoms with Crippen molar-refractivity contribution >= 4 is 21.8 Å². The Kier molecular flexibility index (Phi) is 4.62. The van der Waals surface area contributed by atoms with Gasteiger partial charge in [0.1, 0.15) is 17.5 Å². The van der Waals surface area contributed by atoms with Crippen LogP contribution in [-0.4, -0.2) is 37.7 Å². The summed E-state index contributed by atoms with van der Waals surface area (Å²) in [6.45, 7) is 0.0326. The van der Waals surface area contributed by atoms with E-state index in [1.807, 2.05) is 0 Å². The molecule has 0 spiro atoms. The maximum absolute atomic E-state index is 13.7. The van der Waals surface area contributed by atoms with Gasteiger partial charge in [-0.05, 0) is 31.0 Å². The molecule has 2 aromatic carbocycles. The second-order valence-electron chi connectivity index (χ2n) is 6.56. The predicted molar refractivity (Wildman–Crippen MR) is 96.0 cm³/mol. The molecule has 1 fully saturated rings. The molecule has 2 aromatic rings. The molecule has 0 saturated carbocycles. The Hall–Kier alpha value is -2.81. The molecule has 2 heterocycles. The summed E-state index contributed by atoms with van der Waals surface area (Å²) in [4.78, 5) is 14.3. The van der Waals surface area contributed by atoms with E-state index >= 15 is 0 Å². The quantitative estimate of drug-likeness (QED) is 0.733. The van der Waals surface area contributed by atoms with Crippen LogP contribution in [-0.2, 0) is 26.2 Å². The number of fused-ring (bicyclic) bond motifs is 1. The van der Waals surface area contributed by atoms with Crippen molar-refractivity contribution in [2.45, 2.75) is 30.4 Å². The molecule has 2 aliphatic heterocycles. The summed E-state index contributed by atoms with van der Waals surface area (Å²) in [6.07, 6.45) is 1.10. The van der Waals surface area contributed by atoms with Crippen molar-refractivity contribution in [3.05, 3.63) is 65.2 Å². The van der Waals surface area contributed by atoms with Crippen LogP contribution in [0.15, 0.2) is 51.8 Å². The highest BCUT2D eigenvalue weighted by Crippen LogP contribution is 2.31. The van der Waals surface area contributed by atoms with Gasteiger partial charge in [0.25, 0.3) is 10.0 Å². The fourth-order valence-corrected chi connectivity index (χ4v) is 4.68. The van der Waals surface area contributed by atoms with Crippen LogP contribution < -0.4 is 0 Å². The number of likely N-dealkylation sites (tertiary alicyclic amines) is 1. The lowest BCUT2D eigenvalue weighted by Crippen LogP contribution is -2.41. The van der Waals surface area contributed by atoms with Gasteiger partial charge in [0.05, 0.1) is 0 Å². The van der Waals surface area contributed by atoms with Crippen LogP contribution in [0.5, 0.6) is 0 Å². The van der Waals surface area contributed by atoms with E-state index in [4.69, 9.17) is 4.74 Å². The Morgan fingerprint density at radius 1 is 1.18 bits per heavy atom. The molecule has 0 aromatic heterocycles. The number of carbonyl (C=O) groups is 1. The Balaban J connectivity index is 1.54. The van der Waals surface area contributed by atoms with Crippen LogP contribution in [0.3, 0.4) is 0 Å². The first-order chi connectivity index (χ1) is 13.4. The van der Waals surface area contributed by atoms with Gasteiger partial charge in [-0.3, -0.25) is 0 Å². The number of rotatable bonds is 3. The third-order valence-corrected chi connectivity index (χ3v) is 6.14. The molecule has 1 atom stereocenters. The molecule has 0 amide bonds. The van der Waals surface area contributed by atoms with Gasteiger partial charge >= 0.3 is 5.97 Å². The number of halogens is 2. The van der Waals surface area contributed by atoms with Crippen molar-refractivity contribution in [3.8, 4) is 0 Å². The van der Waals surface area contributed by atoms with E-state index in [0.29, 0.717) is 24.9 Å². The van der Waals surface area contributed by atoms with Gasteiger partial charge in [-0.2, -0.15) is 8.42 Å². The maximum Gasteiger partial charge on any atom is 0.329 e. The first-order valence-electron chi connectivity index (χ1n) is 8.69. The Morgan fingerprint density at radius 3 is 2.79 bits per heavy atom. The number of ether oxygens (including phenoxy) is 1. The largest absolute Gasteiger partial charge is 0.459 e. The highest BCUT2D eigenvalue weighted by molar-refractivity contribution is 7.90. The zero-order valence-corrected chi connectivity index (χ0v) is 15.5. The van der Waals surface area contributed by atoms with E-state index < -0.39 is 40.3 Å². The fraction of sp³-hybridized carbons (Fsp3) is 0.263. The number of nitrogens with zero attached hydrogens (tertiary/aromatic N) is 2. The van der Waals surface area contributed by atoms with E-state index in [9.17, 15) is 22.0 Å². The third-order valence-electron chi connectivity index (χ3n) is 4.81. The average Bonchev–Trinajstić information content (AvgIpc) is 3.26. The molecule has 4 rings (SSSR count). The lowest BCUT2D eigenvalue weighted by Gasteiger charge is -2.25. The molecular formula is C19H16F2N2O4S. The molecule has 0 N–H and O–H groups in total. The summed E-state index contributed by atoms with van der Waals surface area (Å²) in [6, 6.07) is 9.33. The second kappa shape index (κ2) is 6.97. The highest BCUT2D eigenvalue weighted by atomic mass is 32.2. The van der Waals surface area contributed by atoms with Crippen molar-refractivity contribution in [2.24, 2.45) is 4.40 Å². The monoisotopic (exact) mass is 406 g/mol. The number of hydrogen-bond donors (Lipinski definition) is 0. The van der Waals surface area contributed by atoms with Crippen molar-refractivity contribution in [1.82, 2.24) is 4.90 Å². The summed E-state index contributed by atoms with van der Waals surface area (Å²) in [5.74, 6) is -2.49. The SMILES string of the molecule is O=C(OCc1cccc(F)c1F)C1CCCN1C1=NS(=O)(=O)c2ccccc21. The van der Waals surface area contributed by atoms with Gasteiger partial charge in [0.2, 0.25) is 0 Å². The van der Waals surface area contributed by atoms with Crippen LogP contribution >= 0.6 is 0 Å². The normalized spacial score (nSPS) is 20.0. The number of esters is 1. The first kappa shape index (κ1) is 18.5. The van der Waals surface area contributed by atoms with Crippen LogP contribution in [0.4, 0.5) is 8.78 Å². The van der Waals surface area contributed by atoms with Gasteiger partial charge in [0, 0.05) is 17.7 Å². The Morgan fingerprint density at radius 2 is 1.96 bits per heavy atom. The minimum atomic E-state index is -3.80. The standard InChI is InChI=1S/C19H16F2N2O4S/c20-14-7-3-5-12(17(14)21)11-27-19(24)15-8-4-10-23(15)18-13-6-1-2-9-16(13)28(25,26)22-18/h1-3,5-7,9,15H,4,8,10-11H2. The Bertz CT molecular complexity index is 1090. The maximum atomic E-state index is 13.7. The van der Waals surface area contributed by atoms with Gasteiger partial charge in [0.15, 0.2) is 17.5 Å². The molecule has 0 radical (unpaired) electrons. The summed E-state index contributed by atoms with van der Waals surface area (Å²) in [7, 11) is -3.80. The van der Waals surface area contributed by atoms with E-state index in [0.717, 1.165) is 6.07 Å². The molecule has 1 unspecified atom stereocenters. The van der Waals surface area contributed by atoms with E-state index in [1.165, 1.54) is 18.2 Å². The highest BCUT2D eigenvalue weighted by Gasteiger charge is 2.39. The van der Waals surface area contributed by atoms with E-state index in [-0.39, 0.29) is 16.3 Å². The number of hydrogen-bond acceptors (Lipinski definition) is 5. The molecule has 9 heteroatoms. The second-order valence-corrected chi connectivity index (χ2v) is 8.13. The fourth-order valence-electron chi connectivity index (χ4n) is 3.47. The molecule has 2 aliphatic rings. The molecule has 1 saturated heterocycles. The summed E-state index contributed by atoms with van der Waals surface area (Å²) in [5.41, 5.74) is 0.377. The molecule has 0 bridgehead atoms. The minimum Gasteiger partial charge on any atom is -0.459 e. The lowest BCUT2D eigenvalue weighted by molar-refractivity contribution is -0.149. The summed E-state index contributed by atoms with van der Waals surface area (Å²) in [5, 5.41) is 0. The Labute approximate surface area is 160 Å². The zero-order chi connectivity index (χ0) is 19.9. The third kappa shape index (κ3) is 3.15. The predicted octanol–water partition coefficient (Wildman–Crippen LogP) is 2.62. The van der Waals surface area contributed by atoms with E-state index in [1.54, 1.807) is 23.1 Å². The molecule has 0 aliphatic carbocycles. The van der Waals surface area contributed by atoms with Gasteiger partial charge in [-0.25, -0.2) is 13.6 Å². The summed E-state index contributed by atoms with van der Waals surface area (Å²) < 4.78 is 60.6. The first-order valence-corrected chi connectivity index (χ1v) is 10.1. The average molecular weight is 406 g/mol. The van der Waals surface area contributed by atoms with Gasteiger partial charge in [-0.1, -0.05) is 24.3 Å². The van der Waals surface area contributed by atoms with Crippen molar-refractivity contribution in [2.75, 3.05) is 6.54 Å². The molecular weight excluding hydrogens is 390 g/mol. The van der Waals surface area contributed by atoms with Crippen LogP contribution in [0.1, 0.15) is 24.0 Å². The van der Waals surface area contributed by atoms with E-state index in [2.05, 4.69) is 4.40 Å². The number of sulfonamides is 1. The topological polar surface area (TPSA) is 76.0 Å². The number of amidine groups is 1. The van der Waals surface area contributed by atoms with Gasteiger partial charge in [-0.15, -0.1) is 4.40 Å². The summed E-state index contributed by atoms with van der Waals surface area (Å²) >= 11 is 0. The lowest BCUT2D eigenvalue weighted by atomic mass is 10.1. The molecule has 146 valence electrons. The number of benzene rings is 2. The zero-order valence-electron chi connectivity index (χ0n) is 14.6. The van der Waals surface area contributed by atoms with Crippen molar-refractivity contribution < 1.29 is 26.7 Å². The van der Waals surface area contributed by atoms with Crippen LogP contribution in [0.25, 0.3) is 0 Å². The smallest absolute Gasteiger partial charge is 0.329 e. The van der Waals surface area contributed by atoms with Crippen molar-refractivity contribution in [3.63, 3.8) is 0 Å². The van der Waals surface area contributed by atoms with Crippen molar-refractivity contribution in [1.29, 1.82) is 0 Å². The van der Waals surface area contributed by atoms with Gasteiger partial charge < -0.3 is 9.64 Å².